The van der Waals surface area contributed by atoms with Crippen LogP contribution in [-0.4, -0.2) is 34.3 Å². The molecule has 1 unspecified atom stereocenters. The zero-order valence-corrected chi connectivity index (χ0v) is 13.1. The number of thiophene rings is 1. The van der Waals surface area contributed by atoms with E-state index in [1.165, 1.54) is 0 Å². The second kappa shape index (κ2) is 6.39. The van der Waals surface area contributed by atoms with E-state index in [1.54, 1.807) is 23.2 Å². The fraction of sp³-hybridized carbons (Fsp3) is 0.643. The minimum Gasteiger partial charge on any atom is -0.444 e. The normalized spacial score (nSPS) is 13.2. The van der Waals surface area contributed by atoms with E-state index < -0.39 is 11.7 Å². The molecule has 5 heteroatoms. The van der Waals surface area contributed by atoms with E-state index in [1.807, 2.05) is 39.1 Å². The summed E-state index contributed by atoms with van der Waals surface area (Å²) in [5.41, 5.74) is 0.627. The number of rotatable bonds is 4. The van der Waals surface area contributed by atoms with Crippen molar-refractivity contribution in [2.45, 2.75) is 52.9 Å². The van der Waals surface area contributed by atoms with E-state index in [2.05, 4.69) is 0 Å². The van der Waals surface area contributed by atoms with E-state index in [0.717, 1.165) is 10.4 Å². The molecule has 1 N–H and O–H groups in total. The van der Waals surface area contributed by atoms with Crippen LogP contribution in [0.3, 0.4) is 0 Å². The molecule has 0 saturated heterocycles. The highest BCUT2D eigenvalue weighted by Gasteiger charge is 2.23. The lowest BCUT2D eigenvalue weighted by atomic mass is 10.2. The Hall–Kier alpha value is -1.07. The van der Waals surface area contributed by atoms with Crippen molar-refractivity contribution in [2.75, 3.05) is 6.54 Å². The summed E-state index contributed by atoms with van der Waals surface area (Å²) in [5.74, 6) is 0. The molecule has 1 amide bonds. The maximum Gasteiger partial charge on any atom is 0.410 e. The molecule has 0 spiro atoms. The summed E-state index contributed by atoms with van der Waals surface area (Å²) in [4.78, 5) is 14.8. The zero-order valence-electron chi connectivity index (χ0n) is 12.3. The fourth-order valence-electron chi connectivity index (χ4n) is 1.59. The summed E-state index contributed by atoms with van der Waals surface area (Å²) in [6.45, 7) is 9.93. The number of hydrogen-bond acceptors (Lipinski definition) is 4. The molecule has 0 saturated carbocycles. The Balaban J connectivity index is 2.77. The maximum atomic E-state index is 12.1. The van der Waals surface area contributed by atoms with Crippen molar-refractivity contribution in [3.8, 4) is 0 Å². The number of ether oxygens (including phenoxy) is 1. The van der Waals surface area contributed by atoms with Gasteiger partial charge in [-0.3, -0.25) is 0 Å². The van der Waals surface area contributed by atoms with E-state index >= 15 is 0 Å². The molecule has 4 nitrogen and oxygen atoms in total. The van der Waals surface area contributed by atoms with Gasteiger partial charge in [0.25, 0.3) is 0 Å². The van der Waals surface area contributed by atoms with Gasteiger partial charge in [0.1, 0.15) is 5.60 Å². The van der Waals surface area contributed by atoms with Gasteiger partial charge in [-0.2, -0.15) is 0 Å². The summed E-state index contributed by atoms with van der Waals surface area (Å²) in [6.07, 6.45) is -0.964. The minimum atomic E-state index is -0.576. The van der Waals surface area contributed by atoms with Crippen molar-refractivity contribution < 1.29 is 14.6 Å². The summed E-state index contributed by atoms with van der Waals surface area (Å²) < 4.78 is 5.37. The third-order valence-electron chi connectivity index (χ3n) is 2.44. The van der Waals surface area contributed by atoms with Crippen LogP contribution in [0, 0.1) is 6.92 Å². The number of aliphatic hydroxyl groups excluding tert-OH is 1. The van der Waals surface area contributed by atoms with Crippen molar-refractivity contribution in [2.24, 2.45) is 0 Å². The van der Waals surface area contributed by atoms with Crippen LogP contribution in [0.1, 0.15) is 38.1 Å². The Bertz CT molecular complexity index is 421. The largest absolute Gasteiger partial charge is 0.444 e. The molecule has 1 rings (SSSR count). The highest BCUT2D eigenvalue weighted by atomic mass is 32.1. The SMILES string of the molecule is Cc1ccsc1CN(CC(C)O)C(=O)OC(C)(C)C. The molecule has 0 aromatic carbocycles. The monoisotopic (exact) mass is 285 g/mol. The Morgan fingerprint density at radius 2 is 2.16 bits per heavy atom. The molecule has 0 aliphatic carbocycles. The van der Waals surface area contributed by atoms with Crippen LogP contribution in [0.15, 0.2) is 11.4 Å². The number of carbonyl (C=O) groups is 1. The lowest BCUT2D eigenvalue weighted by Gasteiger charge is -2.28. The topological polar surface area (TPSA) is 49.8 Å². The van der Waals surface area contributed by atoms with Crippen LogP contribution >= 0.6 is 11.3 Å². The lowest BCUT2D eigenvalue weighted by molar-refractivity contribution is 0.0144. The van der Waals surface area contributed by atoms with Crippen molar-refractivity contribution >= 4 is 17.4 Å². The minimum absolute atomic E-state index is 0.270. The molecule has 1 aromatic rings. The van der Waals surface area contributed by atoms with Crippen LogP contribution in [0.25, 0.3) is 0 Å². The summed E-state index contributed by atoms with van der Waals surface area (Å²) >= 11 is 1.61. The highest BCUT2D eigenvalue weighted by molar-refractivity contribution is 7.10. The average Bonchev–Trinajstić information content (AvgIpc) is 2.60. The van der Waals surface area contributed by atoms with Gasteiger partial charge in [-0.1, -0.05) is 0 Å². The van der Waals surface area contributed by atoms with Crippen LogP contribution in [-0.2, 0) is 11.3 Å². The Morgan fingerprint density at radius 3 is 2.58 bits per heavy atom. The molecule has 0 fully saturated rings. The molecular weight excluding hydrogens is 262 g/mol. The van der Waals surface area contributed by atoms with Gasteiger partial charge in [-0.25, -0.2) is 4.79 Å². The predicted octanol–water partition coefficient (Wildman–Crippen LogP) is 3.17. The predicted molar refractivity (Wildman–Crippen MR) is 77.4 cm³/mol. The molecule has 1 atom stereocenters. The number of nitrogens with zero attached hydrogens (tertiary/aromatic N) is 1. The van der Waals surface area contributed by atoms with E-state index in [-0.39, 0.29) is 12.6 Å². The molecule has 0 aliphatic heterocycles. The Kier molecular flexibility index (Phi) is 5.38. The highest BCUT2D eigenvalue weighted by Crippen LogP contribution is 2.19. The van der Waals surface area contributed by atoms with Gasteiger partial charge in [0, 0.05) is 4.88 Å². The first-order valence-electron chi connectivity index (χ1n) is 6.38. The average molecular weight is 285 g/mol. The van der Waals surface area contributed by atoms with Crippen molar-refractivity contribution in [3.05, 3.63) is 21.9 Å². The molecule has 0 radical (unpaired) electrons. The van der Waals surface area contributed by atoms with Crippen LogP contribution < -0.4 is 0 Å². The second-order valence-electron chi connectivity index (χ2n) is 5.74. The second-order valence-corrected chi connectivity index (χ2v) is 6.74. The third-order valence-corrected chi connectivity index (χ3v) is 3.45. The van der Waals surface area contributed by atoms with Gasteiger partial charge in [0.05, 0.1) is 19.2 Å². The quantitative estimate of drug-likeness (QED) is 0.924. The molecular formula is C14H23NO3S. The summed E-state index contributed by atoms with van der Waals surface area (Å²) in [6, 6.07) is 2.02. The molecule has 19 heavy (non-hydrogen) atoms. The van der Waals surface area contributed by atoms with Crippen LogP contribution in [0.4, 0.5) is 4.79 Å². The smallest absolute Gasteiger partial charge is 0.410 e. The van der Waals surface area contributed by atoms with Gasteiger partial charge in [-0.15, -0.1) is 11.3 Å². The summed E-state index contributed by atoms with van der Waals surface area (Å²) in [5, 5.41) is 11.5. The standard InChI is InChI=1S/C14H23NO3S/c1-10-6-7-19-12(10)9-15(8-11(2)16)13(17)18-14(3,4)5/h6-7,11,16H,8-9H2,1-5H3. The number of amides is 1. The Labute approximate surface area is 119 Å². The van der Waals surface area contributed by atoms with Crippen LogP contribution in [0.2, 0.25) is 0 Å². The first-order chi connectivity index (χ1) is 8.69. The number of aryl methyl sites for hydroxylation is 1. The molecule has 1 heterocycles. The first kappa shape index (κ1) is 16.0. The molecule has 108 valence electrons. The van der Waals surface area contributed by atoms with E-state index in [9.17, 15) is 9.90 Å². The molecule has 0 aliphatic rings. The van der Waals surface area contributed by atoms with Crippen molar-refractivity contribution in [3.63, 3.8) is 0 Å². The van der Waals surface area contributed by atoms with Gasteiger partial charge >= 0.3 is 6.09 Å². The van der Waals surface area contributed by atoms with Gasteiger partial charge in [0.15, 0.2) is 0 Å². The third kappa shape index (κ3) is 5.61. The van der Waals surface area contributed by atoms with E-state index in [0.29, 0.717) is 6.54 Å². The van der Waals surface area contributed by atoms with Gasteiger partial charge in [-0.05, 0) is 51.6 Å². The first-order valence-corrected chi connectivity index (χ1v) is 7.26. The fourth-order valence-corrected chi connectivity index (χ4v) is 2.51. The molecule has 1 aromatic heterocycles. The van der Waals surface area contributed by atoms with Crippen molar-refractivity contribution in [1.29, 1.82) is 0 Å². The maximum absolute atomic E-state index is 12.1. The Morgan fingerprint density at radius 1 is 1.53 bits per heavy atom. The number of hydrogen-bond donors (Lipinski definition) is 1. The zero-order chi connectivity index (χ0) is 14.6. The lowest BCUT2D eigenvalue weighted by Crippen LogP contribution is -2.39. The van der Waals surface area contributed by atoms with Gasteiger partial charge < -0.3 is 14.7 Å². The van der Waals surface area contributed by atoms with Gasteiger partial charge in [0.2, 0.25) is 0 Å². The van der Waals surface area contributed by atoms with Crippen LogP contribution in [0.5, 0.6) is 0 Å². The number of carbonyl (C=O) groups excluding carboxylic acids is 1. The number of aliphatic hydroxyl groups is 1. The van der Waals surface area contributed by atoms with Crippen molar-refractivity contribution in [1.82, 2.24) is 4.90 Å². The molecule has 0 bridgehead atoms. The van der Waals surface area contributed by atoms with E-state index in [4.69, 9.17) is 4.74 Å². The summed E-state index contributed by atoms with van der Waals surface area (Å²) in [7, 11) is 0.